The molecule has 0 aromatic rings. The van der Waals surface area contributed by atoms with E-state index >= 15 is 0 Å². The van der Waals surface area contributed by atoms with E-state index in [1.54, 1.807) is 0 Å². The van der Waals surface area contributed by atoms with Gasteiger partial charge in [-0.3, -0.25) is 0 Å². The highest BCUT2D eigenvalue weighted by atomic mass is 35.5. The highest BCUT2D eigenvalue weighted by Gasteiger charge is 2.31. The van der Waals surface area contributed by atoms with E-state index in [1.165, 1.54) is 71.2 Å². The van der Waals surface area contributed by atoms with Crippen molar-refractivity contribution in [3.63, 3.8) is 0 Å². The lowest BCUT2D eigenvalue weighted by Crippen LogP contribution is -2.45. The molecule has 1 unspecified atom stereocenters. The Labute approximate surface area is 119 Å². The summed E-state index contributed by atoms with van der Waals surface area (Å²) in [5.74, 6) is 0.959. The number of nitrogens with one attached hydrogen (secondary N) is 1. The van der Waals surface area contributed by atoms with Crippen LogP contribution in [0.5, 0.6) is 0 Å². The molecule has 18 heavy (non-hydrogen) atoms. The average molecular weight is 275 g/mol. The average Bonchev–Trinajstić information content (AvgIpc) is 2.30. The number of rotatable bonds is 4. The van der Waals surface area contributed by atoms with Gasteiger partial charge in [0.15, 0.2) is 0 Å². The number of likely N-dealkylation sites (tertiary alicyclic amines) is 1. The van der Waals surface area contributed by atoms with Crippen molar-refractivity contribution >= 4 is 12.4 Å². The van der Waals surface area contributed by atoms with Crippen LogP contribution in [0, 0.1) is 11.3 Å². The van der Waals surface area contributed by atoms with Crippen molar-refractivity contribution in [2.24, 2.45) is 11.3 Å². The highest BCUT2D eigenvalue weighted by molar-refractivity contribution is 5.85. The summed E-state index contributed by atoms with van der Waals surface area (Å²) >= 11 is 0. The fourth-order valence-electron chi connectivity index (χ4n) is 3.82. The summed E-state index contributed by atoms with van der Waals surface area (Å²) in [6, 6.07) is 0. The van der Waals surface area contributed by atoms with E-state index in [-0.39, 0.29) is 12.4 Å². The Morgan fingerprint density at radius 1 is 1.28 bits per heavy atom. The molecule has 0 spiro atoms. The smallest absolute Gasteiger partial charge is 0.00354 e. The summed E-state index contributed by atoms with van der Waals surface area (Å²) < 4.78 is 0. The van der Waals surface area contributed by atoms with Gasteiger partial charge in [-0.15, -0.1) is 12.4 Å². The van der Waals surface area contributed by atoms with E-state index in [4.69, 9.17) is 0 Å². The molecule has 3 heteroatoms. The lowest BCUT2D eigenvalue weighted by Gasteiger charge is -2.42. The van der Waals surface area contributed by atoms with Gasteiger partial charge in [0.05, 0.1) is 0 Å². The first-order valence-electron chi connectivity index (χ1n) is 7.65. The van der Waals surface area contributed by atoms with E-state index in [0.717, 1.165) is 5.92 Å². The molecule has 0 saturated carbocycles. The van der Waals surface area contributed by atoms with E-state index in [0.29, 0.717) is 5.41 Å². The Bertz CT molecular complexity index is 225. The number of hydrogen-bond donors (Lipinski definition) is 1. The summed E-state index contributed by atoms with van der Waals surface area (Å²) in [7, 11) is 0. The van der Waals surface area contributed by atoms with E-state index < -0.39 is 0 Å². The third kappa shape index (κ3) is 4.71. The van der Waals surface area contributed by atoms with Crippen LogP contribution in [0.25, 0.3) is 0 Å². The lowest BCUT2D eigenvalue weighted by molar-refractivity contribution is 0.0765. The predicted molar refractivity (Wildman–Crippen MR) is 81.5 cm³/mol. The second-order valence-electron chi connectivity index (χ2n) is 6.59. The van der Waals surface area contributed by atoms with Crippen LogP contribution in [0.2, 0.25) is 0 Å². The molecule has 0 aliphatic carbocycles. The van der Waals surface area contributed by atoms with E-state index in [9.17, 15) is 0 Å². The van der Waals surface area contributed by atoms with Gasteiger partial charge >= 0.3 is 0 Å². The molecule has 2 nitrogen and oxygen atoms in total. The Balaban J connectivity index is 0.00000162. The first-order chi connectivity index (χ1) is 8.22. The number of nitrogens with zero attached hydrogens (tertiary/aromatic N) is 1. The second kappa shape index (κ2) is 7.72. The highest BCUT2D eigenvalue weighted by Crippen LogP contribution is 2.34. The molecule has 2 heterocycles. The molecule has 2 aliphatic heterocycles. The van der Waals surface area contributed by atoms with Crippen molar-refractivity contribution in [2.45, 2.75) is 52.4 Å². The van der Waals surface area contributed by atoms with Crippen LogP contribution in [-0.4, -0.2) is 37.6 Å². The van der Waals surface area contributed by atoms with Crippen LogP contribution in [0.1, 0.15) is 52.4 Å². The first-order valence-corrected chi connectivity index (χ1v) is 7.65. The zero-order chi connectivity index (χ0) is 12.1. The third-order valence-electron chi connectivity index (χ3n) is 4.69. The maximum absolute atomic E-state index is 3.47. The molecular formula is C15H31ClN2. The molecule has 2 saturated heterocycles. The first kappa shape index (κ1) is 16.3. The van der Waals surface area contributed by atoms with Crippen molar-refractivity contribution in [1.29, 1.82) is 0 Å². The minimum atomic E-state index is 0. The van der Waals surface area contributed by atoms with Crippen LogP contribution in [0.3, 0.4) is 0 Å². The second-order valence-corrected chi connectivity index (χ2v) is 6.59. The minimum absolute atomic E-state index is 0. The van der Waals surface area contributed by atoms with Gasteiger partial charge in [-0.25, -0.2) is 0 Å². The number of piperidine rings is 2. The number of halogens is 1. The molecule has 1 N–H and O–H groups in total. The topological polar surface area (TPSA) is 15.3 Å². The lowest BCUT2D eigenvalue weighted by atomic mass is 9.78. The van der Waals surface area contributed by atoms with E-state index in [1.807, 2.05) is 0 Å². The van der Waals surface area contributed by atoms with Gasteiger partial charge in [-0.1, -0.05) is 20.3 Å². The van der Waals surface area contributed by atoms with Gasteiger partial charge in [-0.05, 0) is 63.1 Å². The maximum atomic E-state index is 3.47. The van der Waals surface area contributed by atoms with Crippen molar-refractivity contribution in [1.82, 2.24) is 10.2 Å². The van der Waals surface area contributed by atoms with Crippen molar-refractivity contribution < 1.29 is 0 Å². The van der Waals surface area contributed by atoms with Crippen LogP contribution >= 0.6 is 12.4 Å². The largest absolute Gasteiger partial charge is 0.317 e. The summed E-state index contributed by atoms with van der Waals surface area (Å²) in [4.78, 5) is 2.76. The van der Waals surface area contributed by atoms with Crippen molar-refractivity contribution in [3.8, 4) is 0 Å². The Kier molecular flexibility index (Phi) is 6.97. The summed E-state index contributed by atoms with van der Waals surface area (Å²) in [5.41, 5.74) is 0.611. The van der Waals surface area contributed by atoms with Crippen LogP contribution in [-0.2, 0) is 0 Å². The molecule has 0 aromatic carbocycles. The van der Waals surface area contributed by atoms with Gasteiger partial charge in [0.1, 0.15) is 0 Å². The van der Waals surface area contributed by atoms with Gasteiger partial charge < -0.3 is 10.2 Å². The molecule has 1 atom stereocenters. The standard InChI is InChI=1S/C15H30N2.ClH/c1-3-7-15(2)8-4-11-17(13-15)12-14-5-9-16-10-6-14;/h14,16H,3-13H2,1-2H3;1H. The molecule has 0 bridgehead atoms. The fraction of sp³-hybridized carbons (Fsp3) is 1.00. The molecule has 2 aliphatic rings. The molecule has 0 radical (unpaired) electrons. The van der Waals surface area contributed by atoms with E-state index in [2.05, 4.69) is 24.1 Å². The monoisotopic (exact) mass is 274 g/mol. The zero-order valence-electron chi connectivity index (χ0n) is 12.2. The third-order valence-corrected chi connectivity index (χ3v) is 4.69. The Morgan fingerprint density at radius 2 is 2.00 bits per heavy atom. The summed E-state index contributed by atoms with van der Waals surface area (Å²) in [6.07, 6.45) is 8.40. The molecule has 0 aromatic heterocycles. The Hall–Kier alpha value is 0.210. The summed E-state index contributed by atoms with van der Waals surface area (Å²) in [6.45, 7) is 11.4. The van der Waals surface area contributed by atoms with Crippen LogP contribution in [0.4, 0.5) is 0 Å². The maximum Gasteiger partial charge on any atom is 0.00354 e. The minimum Gasteiger partial charge on any atom is -0.317 e. The van der Waals surface area contributed by atoms with Gasteiger partial charge in [0.25, 0.3) is 0 Å². The molecule has 2 rings (SSSR count). The molecule has 108 valence electrons. The van der Waals surface area contributed by atoms with Crippen molar-refractivity contribution in [3.05, 3.63) is 0 Å². The summed E-state index contributed by atoms with van der Waals surface area (Å²) in [5, 5.41) is 3.47. The van der Waals surface area contributed by atoms with Gasteiger partial charge in [0, 0.05) is 13.1 Å². The normalized spacial score (nSPS) is 31.0. The molecule has 0 amide bonds. The molecular weight excluding hydrogens is 244 g/mol. The van der Waals surface area contributed by atoms with Crippen molar-refractivity contribution in [2.75, 3.05) is 32.7 Å². The zero-order valence-corrected chi connectivity index (χ0v) is 13.0. The molecule has 2 fully saturated rings. The van der Waals surface area contributed by atoms with Crippen LogP contribution in [0.15, 0.2) is 0 Å². The van der Waals surface area contributed by atoms with Crippen LogP contribution < -0.4 is 5.32 Å². The number of hydrogen-bond acceptors (Lipinski definition) is 2. The fourth-order valence-corrected chi connectivity index (χ4v) is 3.82. The van der Waals surface area contributed by atoms with Gasteiger partial charge in [-0.2, -0.15) is 0 Å². The Morgan fingerprint density at radius 3 is 2.67 bits per heavy atom. The SMILES string of the molecule is CCCC1(C)CCCN(CC2CCNCC2)C1.Cl. The predicted octanol–water partition coefficient (Wildman–Crippen LogP) is 3.31. The van der Waals surface area contributed by atoms with Gasteiger partial charge in [0.2, 0.25) is 0 Å². The quantitative estimate of drug-likeness (QED) is 0.846.